The Morgan fingerprint density at radius 1 is 1.07 bits per heavy atom. The van der Waals surface area contributed by atoms with Crippen LogP contribution in [0, 0.1) is 5.82 Å². The number of benzene rings is 2. The van der Waals surface area contributed by atoms with Crippen molar-refractivity contribution >= 4 is 34.2 Å². The number of carbonyl (C=O) groups excluding carboxylic acids is 2. The monoisotopic (exact) mass is 385 g/mol. The molecule has 6 nitrogen and oxygen atoms in total. The van der Waals surface area contributed by atoms with Crippen LogP contribution in [0.4, 0.5) is 20.0 Å². The highest BCUT2D eigenvalue weighted by Gasteiger charge is 2.11. The lowest BCUT2D eigenvalue weighted by Gasteiger charge is -2.06. The fourth-order valence-electron chi connectivity index (χ4n) is 2.24. The molecule has 1 heterocycles. The number of aromatic nitrogens is 1. The van der Waals surface area contributed by atoms with E-state index in [9.17, 15) is 14.0 Å². The van der Waals surface area contributed by atoms with Crippen molar-refractivity contribution in [3.63, 3.8) is 0 Å². The third-order valence-corrected chi connectivity index (χ3v) is 4.29. The van der Waals surface area contributed by atoms with Crippen LogP contribution in [0.25, 0.3) is 11.3 Å². The first-order chi connectivity index (χ1) is 13.0. The lowest BCUT2D eigenvalue weighted by molar-refractivity contribution is 0.102. The van der Waals surface area contributed by atoms with Gasteiger partial charge in [-0.25, -0.2) is 14.2 Å². The average Bonchev–Trinajstić information content (AvgIpc) is 3.11. The molecule has 3 aromatic rings. The minimum Gasteiger partial charge on any atom is -0.450 e. The molecule has 0 saturated carbocycles. The summed E-state index contributed by atoms with van der Waals surface area (Å²) >= 11 is 1.28. The van der Waals surface area contributed by atoms with Crippen LogP contribution in [0.5, 0.6) is 0 Å². The van der Waals surface area contributed by atoms with Gasteiger partial charge in [-0.05, 0) is 55.5 Å². The largest absolute Gasteiger partial charge is 0.450 e. The van der Waals surface area contributed by atoms with Crippen molar-refractivity contribution in [1.82, 2.24) is 4.98 Å². The molecular formula is C19H16FN3O3S. The molecule has 27 heavy (non-hydrogen) atoms. The highest BCUT2D eigenvalue weighted by Crippen LogP contribution is 2.25. The first-order valence-electron chi connectivity index (χ1n) is 8.12. The van der Waals surface area contributed by atoms with Crippen molar-refractivity contribution in [1.29, 1.82) is 0 Å². The van der Waals surface area contributed by atoms with Crippen LogP contribution >= 0.6 is 11.3 Å². The molecule has 2 N–H and O–H groups in total. The smallest absolute Gasteiger partial charge is 0.411 e. The van der Waals surface area contributed by atoms with Gasteiger partial charge in [0.15, 0.2) is 5.13 Å². The van der Waals surface area contributed by atoms with Gasteiger partial charge in [-0.15, -0.1) is 11.3 Å². The van der Waals surface area contributed by atoms with E-state index in [0.717, 1.165) is 5.56 Å². The molecule has 0 aliphatic heterocycles. The van der Waals surface area contributed by atoms with Gasteiger partial charge >= 0.3 is 6.09 Å². The van der Waals surface area contributed by atoms with E-state index in [1.807, 2.05) is 0 Å². The first-order valence-corrected chi connectivity index (χ1v) is 9.00. The quantitative estimate of drug-likeness (QED) is 0.663. The standard InChI is InChI=1S/C19H16FN3O3S/c1-2-26-19(25)21-15-9-5-13(6-10-15)17(24)23-18-22-16(11-27-18)12-3-7-14(20)8-4-12/h3-11H,2H2,1H3,(H,21,25)(H,22,23,24). The van der Waals surface area contributed by atoms with Crippen molar-refractivity contribution in [2.45, 2.75) is 6.92 Å². The minimum atomic E-state index is -0.550. The summed E-state index contributed by atoms with van der Waals surface area (Å²) in [4.78, 5) is 28.0. The number of hydrogen-bond donors (Lipinski definition) is 2. The van der Waals surface area contributed by atoms with Crippen molar-refractivity contribution in [3.8, 4) is 11.3 Å². The number of nitrogens with one attached hydrogen (secondary N) is 2. The third kappa shape index (κ3) is 4.89. The minimum absolute atomic E-state index is 0.278. The fourth-order valence-corrected chi connectivity index (χ4v) is 2.96. The summed E-state index contributed by atoms with van der Waals surface area (Å²) in [6.45, 7) is 1.99. The van der Waals surface area contributed by atoms with Gasteiger partial charge in [0.2, 0.25) is 0 Å². The predicted molar refractivity (Wildman–Crippen MR) is 103 cm³/mol. The van der Waals surface area contributed by atoms with Crippen LogP contribution < -0.4 is 10.6 Å². The lowest BCUT2D eigenvalue weighted by atomic mass is 10.2. The van der Waals surface area contributed by atoms with Gasteiger partial charge in [0, 0.05) is 22.2 Å². The Kier molecular flexibility index (Phi) is 5.77. The number of nitrogens with zero attached hydrogens (tertiary/aromatic N) is 1. The zero-order valence-electron chi connectivity index (χ0n) is 14.4. The van der Waals surface area contributed by atoms with E-state index in [-0.39, 0.29) is 18.3 Å². The number of halogens is 1. The van der Waals surface area contributed by atoms with E-state index in [1.165, 1.54) is 23.5 Å². The molecule has 138 valence electrons. The molecule has 2 amide bonds. The number of amides is 2. The van der Waals surface area contributed by atoms with Crippen molar-refractivity contribution < 1.29 is 18.7 Å². The Hall–Kier alpha value is -3.26. The van der Waals surface area contributed by atoms with Crippen LogP contribution in [-0.4, -0.2) is 23.6 Å². The molecule has 1 aromatic heterocycles. The maximum Gasteiger partial charge on any atom is 0.411 e. The fraction of sp³-hybridized carbons (Fsp3) is 0.105. The van der Waals surface area contributed by atoms with Crippen molar-refractivity contribution in [3.05, 3.63) is 65.3 Å². The highest BCUT2D eigenvalue weighted by molar-refractivity contribution is 7.14. The summed E-state index contributed by atoms with van der Waals surface area (Å²) < 4.78 is 17.8. The summed E-state index contributed by atoms with van der Waals surface area (Å²) in [5.41, 5.74) is 2.37. The number of anilines is 2. The Bertz CT molecular complexity index is 940. The Morgan fingerprint density at radius 2 is 1.78 bits per heavy atom. The molecule has 0 fully saturated rings. The zero-order valence-corrected chi connectivity index (χ0v) is 15.2. The first kappa shape index (κ1) is 18.5. The van der Waals surface area contributed by atoms with E-state index in [4.69, 9.17) is 4.74 Å². The number of carbonyl (C=O) groups is 2. The molecule has 3 rings (SSSR count). The Morgan fingerprint density at radius 3 is 2.44 bits per heavy atom. The van der Waals surface area contributed by atoms with Crippen molar-refractivity contribution in [2.75, 3.05) is 17.2 Å². The summed E-state index contributed by atoms with van der Waals surface area (Å²) in [6.07, 6.45) is -0.550. The number of ether oxygens (including phenoxy) is 1. The molecule has 2 aromatic carbocycles. The SMILES string of the molecule is CCOC(=O)Nc1ccc(C(=O)Nc2nc(-c3ccc(F)cc3)cs2)cc1. The van der Waals surface area contributed by atoms with Gasteiger partial charge in [-0.2, -0.15) is 0 Å². The van der Waals surface area contributed by atoms with E-state index in [2.05, 4.69) is 15.6 Å². The molecule has 0 bridgehead atoms. The van der Waals surface area contributed by atoms with Gasteiger partial charge in [-0.1, -0.05) is 0 Å². The van der Waals surface area contributed by atoms with E-state index < -0.39 is 6.09 Å². The van der Waals surface area contributed by atoms with Crippen LogP contribution in [0.3, 0.4) is 0 Å². The van der Waals surface area contributed by atoms with Crippen molar-refractivity contribution in [2.24, 2.45) is 0 Å². The Labute approximate surface area is 159 Å². The second-order valence-corrected chi connectivity index (χ2v) is 6.28. The molecular weight excluding hydrogens is 369 g/mol. The van der Waals surface area contributed by atoms with Gasteiger partial charge in [0.1, 0.15) is 5.82 Å². The molecule has 0 aliphatic rings. The van der Waals surface area contributed by atoms with Crippen LogP contribution in [0.1, 0.15) is 17.3 Å². The second kappa shape index (κ2) is 8.41. The van der Waals surface area contributed by atoms with E-state index >= 15 is 0 Å². The van der Waals surface area contributed by atoms with Gasteiger partial charge < -0.3 is 4.74 Å². The topological polar surface area (TPSA) is 80.3 Å². The highest BCUT2D eigenvalue weighted by atomic mass is 32.1. The molecule has 0 saturated heterocycles. The van der Waals surface area contributed by atoms with E-state index in [1.54, 1.807) is 48.7 Å². The van der Waals surface area contributed by atoms with Crippen LogP contribution in [0.15, 0.2) is 53.9 Å². The van der Waals surface area contributed by atoms with Gasteiger partial charge in [-0.3, -0.25) is 15.4 Å². The molecule has 0 spiro atoms. The third-order valence-electron chi connectivity index (χ3n) is 3.53. The number of thiazole rings is 1. The number of rotatable bonds is 5. The normalized spacial score (nSPS) is 10.3. The summed E-state index contributed by atoms with van der Waals surface area (Å²) in [6, 6.07) is 12.4. The second-order valence-electron chi connectivity index (χ2n) is 5.42. The maximum atomic E-state index is 13.0. The number of hydrogen-bond acceptors (Lipinski definition) is 5. The Balaban J connectivity index is 1.63. The average molecular weight is 385 g/mol. The van der Waals surface area contributed by atoms with Gasteiger partial charge in [0.05, 0.1) is 12.3 Å². The van der Waals surface area contributed by atoms with Crippen LogP contribution in [-0.2, 0) is 4.74 Å². The molecule has 0 aliphatic carbocycles. The zero-order chi connectivity index (χ0) is 19.2. The maximum absolute atomic E-state index is 13.0. The summed E-state index contributed by atoms with van der Waals surface area (Å²) in [7, 11) is 0. The lowest BCUT2D eigenvalue weighted by Crippen LogP contribution is -2.14. The van der Waals surface area contributed by atoms with Gasteiger partial charge in [0.25, 0.3) is 5.91 Å². The summed E-state index contributed by atoms with van der Waals surface area (Å²) in [5, 5.41) is 7.50. The molecule has 0 radical (unpaired) electrons. The van der Waals surface area contributed by atoms with E-state index in [0.29, 0.717) is 22.1 Å². The van der Waals surface area contributed by atoms with Crippen LogP contribution in [0.2, 0.25) is 0 Å². The molecule has 0 unspecified atom stereocenters. The molecule has 0 atom stereocenters. The molecule has 8 heteroatoms. The summed E-state index contributed by atoms with van der Waals surface area (Å²) in [5.74, 6) is -0.638. The predicted octanol–water partition coefficient (Wildman–Crippen LogP) is 4.77.